The third-order valence-electron chi connectivity index (χ3n) is 7.40. The molecule has 0 saturated carbocycles. The van der Waals surface area contributed by atoms with E-state index in [4.69, 9.17) is 0 Å². The molecule has 2 heteroatoms. The molecule has 0 amide bonds. The van der Waals surface area contributed by atoms with Crippen molar-refractivity contribution in [2.24, 2.45) is 10.8 Å². The van der Waals surface area contributed by atoms with Gasteiger partial charge in [-0.2, -0.15) is 0 Å². The minimum Gasteiger partial charge on any atom is -0.257 e. The van der Waals surface area contributed by atoms with Gasteiger partial charge in [0.05, 0.1) is 0 Å². The van der Waals surface area contributed by atoms with E-state index in [2.05, 4.69) is 142 Å². The van der Waals surface area contributed by atoms with Crippen molar-refractivity contribution in [1.29, 1.82) is 0 Å². The zero-order valence-electron chi connectivity index (χ0n) is 22.1. The van der Waals surface area contributed by atoms with E-state index in [0.29, 0.717) is 12.1 Å². The van der Waals surface area contributed by atoms with Crippen LogP contribution in [-0.4, -0.2) is 28.9 Å². The average molecular weight is 464 g/mol. The van der Waals surface area contributed by atoms with E-state index in [1.165, 1.54) is 32.7 Å². The predicted octanol–water partition coefficient (Wildman–Crippen LogP) is 8.22. The first-order chi connectivity index (χ1) is 16.6. The van der Waals surface area contributed by atoms with Crippen LogP contribution in [0.15, 0.2) is 84.9 Å². The summed E-state index contributed by atoms with van der Waals surface area (Å²) >= 11 is 0. The van der Waals surface area contributed by atoms with Crippen LogP contribution in [0.4, 0.5) is 0 Å². The molecule has 0 spiro atoms. The highest BCUT2D eigenvalue weighted by Crippen LogP contribution is 2.42. The van der Waals surface area contributed by atoms with Gasteiger partial charge in [-0.25, -0.2) is 0 Å². The average Bonchev–Trinajstić information content (AvgIpc) is 3.25. The molecule has 35 heavy (non-hydrogen) atoms. The van der Waals surface area contributed by atoms with Crippen molar-refractivity contribution in [3.8, 4) is 0 Å². The van der Waals surface area contributed by atoms with Crippen LogP contribution >= 0.6 is 0 Å². The van der Waals surface area contributed by atoms with Gasteiger partial charge in [0.25, 0.3) is 0 Å². The van der Waals surface area contributed by atoms with Crippen molar-refractivity contribution in [2.75, 3.05) is 13.1 Å². The second kappa shape index (κ2) is 8.82. The lowest BCUT2D eigenvalue weighted by atomic mass is 9.81. The van der Waals surface area contributed by atoms with Gasteiger partial charge in [0.2, 0.25) is 6.34 Å². The van der Waals surface area contributed by atoms with Gasteiger partial charge in [-0.3, -0.25) is 9.48 Å². The Labute approximate surface area is 210 Å². The summed E-state index contributed by atoms with van der Waals surface area (Å²) in [5.41, 5.74) is 3.00. The van der Waals surface area contributed by atoms with Crippen LogP contribution in [0.25, 0.3) is 21.5 Å². The molecular formula is C33H39N2+. The Hall–Kier alpha value is -3.13. The molecule has 1 aliphatic rings. The van der Waals surface area contributed by atoms with Gasteiger partial charge < -0.3 is 0 Å². The highest BCUT2D eigenvalue weighted by atomic mass is 15.3. The topological polar surface area (TPSA) is 6.25 Å². The van der Waals surface area contributed by atoms with E-state index in [-0.39, 0.29) is 10.8 Å². The van der Waals surface area contributed by atoms with Gasteiger partial charge in [-0.05, 0) is 44.8 Å². The number of hydrogen-bond acceptors (Lipinski definition) is 1. The van der Waals surface area contributed by atoms with E-state index >= 15 is 0 Å². The van der Waals surface area contributed by atoms with Crippen LogP contribution in [0.1, 0.15) is 64.8 Å². The normalized spacial score (nSPS) is 16.5. The summed E-state index contributed by atoms with van der Waals surface area (Å²) < 4.78 is 2.59. The summed E-state index contributed by atoms with van der Waals surface area (Å²) in [5, 5.41) is 5.25. The Balaban J connectivity index is 1.54. The number of rotatable bonds is 4. The van der Waals surface area contributed by atoms with Crippen LogP contribution in [0, 0.1) is 10.8 Å². The van der Waals surface area contributed by atoms with Crippen LogP contribution < -0.4 is 0 Å². The molecule has 0 fully saturated rings. The minimum absolute atomic E-state index is 0.106. The number of fused-ring (bicyclic) bond motifs is 2. The third-order valence-corrected chi connectivity index (χ3v) is 7.40. The lowest BCUT2D eigenvalue weighted by Gasteiger charge is -2.33. The maximum absolute atomic E-state index is 2.59. The number of hydrogen-bond donors (Lipinski definition) is 0. The van der Waals surface area contributed by atoms with Gasteiger partial charge in [-0.1, -0.05) is 114 Å². The Bertz CT molecular complexity index is 1380. The molecule has 0 N–H and O–H groups in total. The standard InChI is InChI=1S/C33H39N2/c1-32(2,3)30(28-17-15-24-11-7-9-13-26(24)21-28)34-19-20-35(23-34)31(33(4,5)6)29-18-16-25-12-8-10-14-27(25)22-29/h7-18,21-23,30-31H,19-20H2,1-6H3/q+1/t30-,31-/m1/s1. The van der Waals surface area contributed by atoms with Gasteiger partial charge in [0.1, 0.15) is 25.2 Å². The first-order valence-corrected chi connectivity index (χ1v) is 13.0. The van der Waals surface area contributed by atoms with E-state index in [9.17, 15) is 0 Å². The molecule has 0 saturated heterocycles. The first-order valence-electron chi connectivity index (χ1n) is 13.0. The molecule has 4 aromatic carbocycles. The Morgan fingerprint density at radius 3 is 1.69 bits per heavy atom. The maximum Gasteiger partial charge on any atom is 0.235 e. The predicted molar refractivity (Wildman–Crippen MR) is 150 cm³/mol. The van der Waals surface area contributed by atoms with Crippen molar-refractivity contribution < 1.29 is 4.58 Å². The molecule has 4 aromatic rings. The van der Waals surface area contributed by atoms with E-state index in [0.717, 1.165) is 13.1 Å². The molecule has 2 nitrogen and oxygen atoms in total. The van der Waals surface area contributed by atoms with Crippen molar-refractivity contribution >= 4 is 27.9 Å². The molecule has 0 unspecified atom stereocenters. The van der Waals surface area contributed by atoms with E-state index < -0.39 is 0 Å². The molecule has 1 heterocycles. The molecule has 5 rings (SSSR count). The fourth-order valence-corrected chi connectivity index (χ4v) is 6.06. The summed E-state index contributed by atoms with van der Waals surface area (Å²) in [6.07, 6.45) is 2.43. The lowest BCUT2D eigenvalue weighted by Crippen LogP contribution is -2.35. The molecule has 0 aliphatic carbocycles. The zero-order valence-corrected chi connectivity index (χ0v) is 22.1. The van der Waals surface area contributed by atoms with Crippen LogP contribution in [0.3, 0.4) is 0 Å². The van der Waals surface area contributed by atoms with Gasteiger partial charge in [-0.15, -0.1) is 0 Å². The van der Waals surface area contributed by atoms with Crippen LogP contribution in [-0.2, 0) is 0 Å². The second-order valence-corrected chi connectivity index (χ2v) is 12.3. The Morgan fingerprint density at radius 1 is 0.629 bits per heavy atom. The lowest BCUT2D eigenvalue weighted by molar-refractivity contribution is -0.576. The van der Waals surface area contributed by atoms with Crippen molar-refractivity contribution in [1.82, 2.24) is 4.90 Å². The molecule has 0 aromatic heterocycles. The highest BCUT2D eigenvalue weighted by molar-refractivity contribution is 5.84. The second-order valence-electron chi connectivity index (χ2n) is 12.3. The molecule has 0 radical (unpaired) electrons. The van der Waals surface area contributed by atoms with Gasteiger partial charge in [0.15, 0.2) is 0 Å². The summed E-state index contributed by atoms with van der Waals surface area (Å²) in [6, 6.07) is 32.0. The molecule has 180 valence electrons. The highest BCUT2D eigenvalue weighted by Gasteiger charge is 2.41. The summed E-state index contributed by atoms with van der Waals surface area (Å²) in [5.74, 6) is 0. The summed E-state index contributed by atoms with van der Waals surface area (Å²) in [7, 11) is 0. The fraction of sp³-hybridized carbons (Fsp3) is 0.364. The fourth-order valence-electron chi connectivity index (χ4n) is 6.06. The quantitative estimate of drug-likeness (QED) is 0.276. The molecule has 1 aliphatic heterocycles. The minimum atomic E-state index is 0.106. The largest absolute Gasteiger partial charge is 0.257 e. The zero-order chi connectivity index (χ0) is 24.8. The van der Waals surface area contributed by atoms with Crippen LogP contribution in [0.5, 0.6) is 0 Å². The monoisotopic (exact) mass is 463 g/mol. The molecular weight excluding hydrogens is 424 g/mol. The van der Waals surface area contributed by atoms with E-state index in [1.807, 2.05) is 0 Å². The van der Waals surface area contributed by atoms with Crippen LogP contribution in [0.2, 0.25) is 0 Å². The van der Waals surface area contributed by atoms with Gasteiger partial charge >= 0.3 is 0 Å². The maximum atomic E-state index is 2.59. The smallest absolute Gasteiger partial charge is 0.235 e. The summed E-state index contributed by atoms with van der Waals surface area (Å²) in [4.78, 5) is 2.59. The Morgan fingerprint density at radius 2 is 1.14 bits per heavy atom. The molecule has 0 bridgehead atoms. The number of benzene rings is 4. The third kappa shape index (κ3) is 4.72. The van der Waals surface area contributed by atoms with Crippen molar-refractivity contribution in [3.05, 3.63) is 96.1 Å². The van der Waals surface area contributed by atoms with Crippen molar-refractivity contribution in [3.63, 3.8) is 0 Å². The molecule has 2 atom stereocenters. The summed E-state index contributed by atoms with van der Waals surface area (Å²) in [6.45, 7) is 16.3. The number of nitrogens with zero attached hydrogens (tertiary/aromatic N) is 2. The SMILES string of the molecule is CC(C)(C)[C@@H](c1ccc2ccccc2c1)N1C=[N+]([C@H](c2ccc3ccccc3c2)C(C)(C)C)CC1. The Kier molecular flexibility index (Phi) is 5.95. The van der Waals surface area contributed by atoms with Gasteiger partial charge in [0, 0.05) is 10.8 Å². The van der Waals surface area contributed by atoms with E-state index in [1.54, 1.807) is 0 Å². The first kappa shape index (κ1) is 23.6. The van der Waals surface area contributed by atoms with Crippen molar-refractivity contribution in [2.45, 2.75) is 53.6 Å².